The third kappa shape index (κ3) is 6.82. The molecule has 4 aliphatic rings. The van der Waals surface area contributed by atoms with Crippen LogP contribution in [0.4, 0.5) is 21.7 Å². The van der Waals surface area contributed by atoms with Gasteiger partial charge in [0.15, 0.2) is 5.65 Å². The number of carbonyl (C=O) groups is 2. The average Bonchev–Trinajstić information content (AvgIpc) is 3.94. The zero-order valence-corrected chi connectivity index (χ0v) is 29.6. The fourth-order valence-electron chi connectivity index (χ4n) is 8.38. The first-order chi connectivity index (χ1) is 25.9. The SMILES string of the molecule is O=C1CCC(N2Cc3ccc(NCCN4CCN(c5cccc(-c6cnc7ccc(N8CCC[C@@H]8c8cccc(F)c8)nn67)n5)CC4)cc3C2)C(=O)N1. The normalized spacial score (nSPS) is 21.0. The monoisotopic (exact) mass is 714 g/mol. The highest BCUT2D eigenvalue weighted by atomic mass is 19.1. The molecule has 0 aliphatic carbocycles. The number of pyridine rings is 1. The number of hydrogen-bond donors (Lipinski definition) is 2. The first kappa shape index (κ1) is 33.4. The Kier molecular flexibility index (Phi) is 8.96. The van der Waals surface area contributed by atoms with Crippen molar-refractivity contribution in [2.75, 3.05) is 60.9 Å². The molecule has 0 spiro atoms. The zero-order chi connectivity index (χ0) is 35.9. The van der Waals surface area contributed by atoms with Crippen LogP contribution < -0.4 is 20.4 Å². The second kappa shape index (κ2) is 14.2. The number of fused-ring (bicyclic) bond motifs is 2. The van der Waals surface area contributed by atoms with Gasteiger partial charge in [-0.25, -0.2) is 18.9 Å². The first-order valence-electron chi connectivity index (χ1n) is 18.7. The van der Waals surface area contributed by atoms with Gasteiger partial charge < -0.3 is 15.1 Å². The fourth-order valence-corrected chi connectivity index (χ4v) is 8.38. The number of rotatable bonds is 9. The molecule has 0 radical (unpaired) electrons. The highest BCUT2D eigenvalue weighted by molar-refractivity contribution is 6.00. The summed E-state index contributed by atoms with van der Waals surface area (Å²) in [7, 11) is 0. The second-order valence-corrected chi connectivity index (χ2v) is 14.5. The highest BCUT2D eigenvalue weighted by Gasteiger charge is 2.35. The standard InChI is InChI=1S/C40H43FN10O2/c41-30-5-1-4-27(22-30)33-7-3-16-50(33)38-13-12-36-43-24-35(51(36)46-38)32-6-2-8-37(44-32)48-20-18-47(19-21-48)17-15-42-31-10-9-28-25-49(26-29(28)23-31)34-11-14-39(52)45-40(34)53/h1-2,4-6,8-10,12-13,22-24,33-34,42H,3,7,11,14-21,25-26H2,(H,45,52,53)/t33-,34?/m1/s1. The molecule has 272 valence electrons. The molecular formula is C40H43FN10O2. The maximum absolute atomic E-state index is 14.1. The molecule has 0 saturated carbocycles. The molecule has 3 aromatic heterocycles. The van der Waals surface area contributed by atoms with Crippen LogP contribution in [0.5, 0.6) is 0 Å². The van der Waals surface area contributed by atoms with Gasteiger partial charge in [-0.2, -0.15) is 0 Å². The van der Waals surface area contributed by atoms with E-state index >= 15 is 0 Å². The van der Waals surface area contributed by atoms with Gasteiger partial charge in [0.2, 0.25) is 11.8 Å². The van der Waals surface area contributed by atoms with Crippen LogP contribution in [0.2, 0.25) is 0 Å². The summed E-state index contributed by atoms with van der Waals surface area (Å²) in [5, 5.41) is 11.1. The van der Waals surface area contributed by atoms with Crippen LogP contribution in [0.1, 0.15) is 48.4 Å². The Balaban J connectivity index is 0.802. The van der Waals surface area contributed by atoms with E-state index in [4.69, 9.17) is 10.1 Å². The van der Waals surface area contributed by atoms with Gasteiger partial charge in [-0.05, 0) is 84.5 Å². The second-order valence-electron chi connectivity index (χ2n) is 14.5. The summed E-state index contributed by atoms with van der Waals surface area (Å²) in [5.41, 5.74) is 6.97. The summed E-state index contributed by atoms with van der Waals surface area (Å²) in [6.45, 7) is 7.76. The number of imidazole rings is 1. The topological polar surface area (TPSA) is 114 Å². The van der Waals surface area contributed by atoms with Crippen LogP contribution in [-0.2, 0) is 22.7 Å². The van der Waals surface area contributed by atoms with E-state index in [1.807, 2.05) is 35.0 Å². The van der Waals surface area contributed by atoms with Gasteiger partial charge in [0.25, 0.3) is 0 Å². The molecule has 1 unspecified atom stereocenters. The van der Waals surface area contributed by atoms with Crippen molar-refractivity contribution in [3.8, 4) is 11.4 Å². The van der Waals surface area contributed by atoms with E-state index in [-0.39, 0.29) is 29.7 Å². The summed E-state index contributed by atoms with van der Waals surface area (Å²) in [4.78, 5) is 43.0. The third-order valence-electron chi connectivity index (χ3n) is 11.2. The molecule has 2 N–H and O–H groups in total. The molecule has 3 fully saturated rings. The van der Waals surface area contributed by atoms with Gasteiger partial charge in [0.05, 0.1) is 24.0 Å². The number of aromatic nitrogens is 4. The molecule has 3 saturated heterocycles. The number of nitrogens with zero attached hydrogens (tertiary/aromatic N) is 8. The highest BCUT2D eigenvalue weighted by Crippen LogP contribution is 2.36. The van der Waals surface area contributed by atoms with Gasteiger partial charge >= 0.3 is 0 Å². The molecule has 9 rings (SSSR count). The lowest BCUT2D eigenvalue weighted by Crippen LogP contribution is -2.50. The van der Waals surface area contributed by atoms with Crippen LogP contribution in [-0.4, -0.2) is 93.1 Å². The van der Waals surface area contributed by atoms with Crippen LogP contribution in [0.25, 0.3) is 17.0 Å². The van der Waals surface area contributed by atoms with Crippen molar-refractivity contribution >= 4 is 34.8 Å². The Bertz CT molecular complexity index is 2160. The quantitative estimate of drug-likeness (QED) is 0.210. The van der Waals surface area contributed by atoms with Crippen molar-refractivity contribution in [2.24, 2.45) is 0 Å². The molecule has 7 heterocycles. The number of piperidine rings is 1. The van der Waals surface area contributed by atoms with Crippen molar-refractivity contribution in [1.82, 2.24) is 34.7 Å². The molecule has 2 atom stereocenters. The summed E-state index contributed by atoms with van der Waals surface area (Å²) >= 11 is 0. The Hall–Kier alpha value is -5.40. The van der Waals surface area contributed by atoms with E-state index in [1.54, 1.807) is 12.1 Å². The lowest BCUT2D eigenvalue weighted by atomic mass is 10.0. The number of nitrogens with one attached hydrogen (secondary N) is 2. The molecule has 4 aliphatic heterocycles. The number of anilines is 3. The predicted molar refractivity (Wildman–Crippen MR) is 201 cm³/mol. The summed E-state index contributed by atoms with van der Waals surface area (Å²) < 4.78 is 16.0. The number of piperazine rings is 1. The number of benzene rings is 2. The lowest BCUT2D eigenvalue weighted by Gasteiger charge is -2.35. The van der Waals surface area contributed by atoms with Crippen molar-refractivity contribution < 1.29 is 14.0 Å². The Morgan fingerprint density at radius 2 is 1.72 bits per heavy atom. The van der Waals surface area contributed by atoms with Crippen molar-refractivity contribution in [1.29, 1.82) is 0 Å². The van der Waals surface area contributed by atoms with Crippen molar-refractivity contribution in [2.45, 2.75) is 50.9 Å². The van der Waals surface area contributed by atoms with Gasteiger partial charge in [-0.1, -0.05) is 24.3 Å². The van der Waals surface area contributed by atoms with E-state index < -0.39 is 0 Å². The van der Waals surface area contributed by atoms with Gasteiger partial charge in [0, 0.05) is 71.0 Å². The Labute approximate surface area is 307 Å². The van der Waals surface area contributed by atoms with E-state index in [1.165, 1.54) is 17.2 Å². The third-order valence-corrected chi connectivity index (χ3v) is 11.2. The molecule has 53 heavy (non-hydrogen) atoms. The van der Waals surface area contributed by atoms with Crippen LogP contribution >= 0.6 is 0 Å². The van der Waals surface area contributed by atoms with E-state index in [2.05, 4.69) is 65.5 Å². The summed E-state index contributed by atoms with van der Waals surface area (Å²) in [5.74, 6) is 1.23. The van der Waals surface area contributed by atoms with Crippen molar-refractivity contribution in [3.63, 3.8) is 0 Å². The van der Waals surface area contributed by atoms with Crippen molar-refractivity contribution in [3.05, 3.63) is 102 Å². The van der Waals surface area contributed by atoms with Crippen LogP contribution in [0.3, 0.4) is 0 Å². The summed E-state index contributed by atoms with van der Waals surface area (Å²) in [6, 6.07) is 23.4. The van der Waals surface area contributed by atoms with Gasteiger partial charge in [-0.3, -0.25) is 24.7 Å². The maximum atomic E-state index is 14.1. The van der Waals surface area contributed by atoms with E-state index in [9.17, 15) is 14.0 Å². The number of halogens is 1. The zero-order valence-electron chi connectivity index (χ0n) is 29.6. The largest absolute Gasteiger partial charge is 0.384 e. The number of imide groups is 1. The maximum Gasteiger partial charge on any atom is 0.243 e. The Morgan fingerprint density at radius 1 is 0.849 bits per heavy atom. The minimum absolute atomic E-state index is 0.0810. The first-order valence-corrected chi connectivity index (χ1v) is 18.7. The molecule has 2 aromatic carbocycles. The summed E-state index contributed by atoms with van der Waals surface area (Å²) in [6.07, 6.45) is 4.80. The molecule has 5 aromatic rings. The predicted octanol–water partition coefficient (Wildman–Crippen LogP) is 4.63. The molecule has 12 nitrogen and oxygen atoms in total. The van der Waals surface area contributed by atoms with Gasteiger partial charge in [0.1, 0.15) is 23.1 Å². The lowest BCUT2D eigenvalue weighted by molar-refractivity contribution is -0.137. The average molecular weight is 715 g/mol. The van der Waals surface area contributed by atoms with Crippen LogP contribution in [0.15, 0.2) is 79.0 Å². The van der Waals surface area contributed by atoms with Gasteiger partial charge in [-0.15, -0.1) is 5.10 Å². The number of carbonyl (C=O) groups excluding carboxylic acids is 2. The molecule has 13 heteroatoms. The molecule has 2 amide bonds. The number of hydrogen-bond acceptors (Lipinski definition) is 10. The minimum atomic E-state index is -0.243. The number of amides is 2. The molecular weight excluding hydrogens is 672 g/mol. The Morgan fingerprint density at radius 3 is 2.58 bits per heavy atom. The van der Waals surface area contributed by atoms with Crippen LogP contribution in [0, 0.1) is 5.82 Å². The van der Waals surface area contributed by atoms with E-state index in [0.29, 0.717) is 12.8 Å². The molecule has 0 bridgehead atoms. The fraction of sp³-hybridized carbons (Fsp3) is 0.375. The smallest absolute Gasteiger partial charge is 0.243 e. The minimum Gasteiger partial charge on any atom is -0.384 e. The van der Waals surface area contributed by atoms with E-state index in [0.717, 1.165) is 112 Å².